The van der Waals surface area contributed by atoms with E-state index >= 15 is 0 Å². The van der Waals surface area contributed by atoms with Crippen LogP contribution in [0.25, 0.3) is 0 Å². The summed E-state index contributed by atoms with van der Waals surface area (Å²) in [6.45, 7) is 6.19. The molecule has 157 valence electrons. The monoisotopic (exact) mass is 416 g/mol. The maximum absolute atomic E-state index is 11.9. The minimum Gasteiger partial charge on any atom is -0.444 e. The van der Waals surface area contributed by atoms with Crippen LogP contribution >= 0.6 is 0 Å². The van der Waals surface area contributed by atoms with Crippen LogP contribution in [-0.4, -0.2) is 54.1 Å². The fourth-order valence-electron chi connectivity index (χ4n) is 3.51. The van der Waals surface area contributed by atoms with Gasteiger partial charge in [0.15, 0.2) is 0 Å². The normalized spacial score (nSPS) is 16.8. The number of benzene rings is 1. The van der Waals surface area contributed by atoms with Crippen LogP contribution < -0.4 is 10.2 Å². The van der Waals surface area contributed by atoms with Crippen LogP contribution in [0.2, 0.25) is 0 Å². The SMILES string of the molecule is CCN1C(=O)OCc2cnc(N[C@@H](C)c3ccc(C#CC4CN([B]C=O)C4)cc3)nc21. The summed E-state index contributed by atoms with van der Waals surface area (Å²) >= 11 is 0. The van der Waals surface area contributed by atoms with E-state index in [-0.39, 0.29) is 18.7 Å². The largest absolute Gasteiger partial charge is 0.444 e. The summed E-state index contributed by atoms with van der Waals surface area (Å²) < 4.78 is 5.13. The van der Waals surface area contributed by atoms with Crippen LogP contribution in [0.15, 0.2) is 30.5 Å². The van der Waals surface area contributed by atoms with E-state index in [9.17, 15) is 9.59 Å². The summed E-state index contributed by atoms with van der Waals surface area (Å²) in [5.41, 5.74) is 2.83. The van der Waals surface area contributed by atoms with E-state index in [1.54, 1.807) is 13.6 Å². The summed E-state index contributed by atoms with van der Waals surface area (Å²) in [5, 5.41) is 3.30. The lowest BCUT2D eigenvalue weighted by Crippen LogP contribution is -2.48. The molecule has 2 aromatic rings. The molecule has 1 radical (unpaired) electrons. The first-order valence-electron chi connectivity index (χ1n) is 10.3. The van der Waals surface area contributed by atoms with E-state index < -0.39 is 0 Å². The number of amides is 1. The van der Waals surface area contributed by atoms with Crippen molar-refractivity contribution in [3.05, 3.63) is 47.2 Å². The van der Waals surface area contributed by atoms with Crippen molar-refractivity contribution in [1.29, 1.82) is 0 Å². The number of nitrogens with one attached hydrogen (secondary N) is 1. The van der Waals surface area contributed by atoms with Gasteiger partial charge >= 0.3 is 6.09 Å². The quantitative estimate of drug-likeness (QED) is 0.439. The first kappa shape index (κ1) is 20.9. The minimum atomic E-state index is -0.388. The van der Waals surface area contributed by atoms with Crippen molar-refractivity contribution in [3.63, 3.8) is 0 Å². The van der Waals surface area contributed by atoms with Crippen molar-refractivity contribution in [3.8, 4) is 11.8 Å². The second-order valence-corrected chi connectivity index (χ2v) is 7.53. The Morgan fingerprint density at radius 2 is 2.13 bits per heavy atom. The van der Waals surface area contributed by atoms with Gasteiger partial charge in [0.05, 0.1) is 17.8 Å². The van der Waals surface area contributed by atoms with Crippen LogP contribution in [0.5, 0.6) is 0 Å². The predicted octanol–water partition coefficient (Wildman–Crippen LogP) is 2.22. The first-order valence-corrected chi connectivity index (χ1v) is 10.3. The molecule has 1 fully saturated rings. The van der Waals surface area contributed by atoms with Crippen LogP contribution in [0.4, 0.5) is 16.6 Å². The van der Waals surface area contributed by atoms with Crippen LogP contribution in [-0.2, 0) is 16.1 Å². The highest BCUT2D eigenvalue weighted by Gasteiger charge is 2.27. The van der Waals surface area contributed by atoms with Gasteiger partial charge in [0.1, 0.15) is 12.4 Å². The highest BCUT2D eigenvalue weighted by Crippen LogP contribution is 2.26. The third kappa shape index (κ3) is 4.70. The molecule has 1 atom stereocenters. The Kier molecular flexibility index (Phi) is 6.19. The van der Waals surface area contributed by atoms with Gasteiger partial charge in [-0.25, -0.2) is 9.78 Å². The van der Waals surface area contributed by atoms with Gasteiger partial charge in [-0.3, -0.25) is 4.90 Å². The molecule has 3 heterocycles. The Bertz CT molecular complexity index is 1030. The van der Waals surface area contributed by atoms with Crippen molar-refractivity contribution < 1.29 is 14.3 Å². The fourth-order valence-corrected chi connectivity index (χ4v) is 3.51. The molecule has 8 nitrogen and oxygen atoms in total. The van der Waals surface area contributed by atoms with Gasteiger partial charge in [-0.15, -0.1) is 0 Å². The minimum absolute atomic E-state index is 0.0234. The molecule has 2 aliphatic rings. The van der Waals surface area contributed by atoms with Crippen LogP contribution in [0, 0.1) is 17.8 Å². The maximum atomic E-state index is 11.9. The van der Waals surface area contributed by atoms with Gasteiger partial charge in [-0.05, 0) is 31.5 Å². The molecule has 0 spiro atoms. The number of anilines is 2. The molecular formula is C22H23BN5O3. The molecule has 1 amide bonds. The molecule has 4 rings (SSSR count). The molecule has 2 aliphatic heterocycles. The molecule has 0 aliphatic carbocycles. The van der Waals surface area contributed by atoms with E-state index in [2.05, 4.69) is 27.1 Å². The third-order valence-corrected chi connectivity index (χ3v) is 5.34. The Hall–Kier alpha value is -3.38. The zero-order valence-corrected chi connectivity index (χ0v) is 17.5. The highest BCUT2D eigenvalue weighted by atomic mass is 16.6. The number of hydrogen-bond donors (Lipinski definition) is 1. The number of rotatable bonds is 6. The van der Waals surface area contributed by atoms with Crippen LogP contribution in [0.3, 0.4) is 0 Å². The number of carbonyl (C=O) groups excluding carboxylic acids is 2. The molecule has 9 heteroatoms. The van der Waals surface area contributed by atoms with E-state index in [0.29, 0.717) is 24.2 Å². The average Bonchev–Trinajstić information content (AvgIpc) is 2.75. The van der Waals surface area contributed by atoms with Crippen molar-refractivity contribution in [2.75, 3.05) is 29.9 Å². The zero-order valence-electron chi connectivity index (χ0n) is 17.5. The van der Waals surface area contributed by atoms with E-state index in [0.717, 1.165) is 36.0 Å². The Balaban J connectivity index is 1.38. The molecule has 31 heavy (non-hydrogen) atoms. The van der Waals surface area contributed by atoms with Crippen molar-refractivity contribution in [2.24, 2.45) is 5.92 Å². The van der Waals surface area contributed by atoms with Gasteiger partial charge in [-0.1, -0.05) is 24.0 Å². The van der Waals surface area contributed by atoms with Crippen molar-refractivity contribution in [2.45, 2.75) is 26.5 Å². The number of ether oxygens (including phenoxy) is 1. The number of fused-ring (bicyclic) bond motifs is 1. The van der Waals surface area contributed by atoms with Crippen molar-refractivity contribution in [1.82, 2.24) is 14.8 Å². The summed E-state index contributed by atoms with van der Waals surface area (Å²) in [6.07, 6.45) is 2.11. The molecule has 1 aromatic carbocycles. The summed E-state index contributed by atoms with van der Waals surface area (Å²) in [7, 11) is 1.55. The zero-order chi connectivity index (χ0) is 21.8. The Morgan fingerprint density at radius 3 is 2.84 bits per heavy atom. The fraction of sp³-hybridized carbons (Fsp3) is 0.364. The molecule has 1 aromatic heterocycles. The lowest BCUT2D eigenvalue weighted by Gasteiger charge is -2.34. The second-order valence-electron chi connectivity index (χ2n) is 7.53. The Labute approximate surface area is 182 Å². The third-order valence-electron chi connectivity index (χ3n) is 5.34. The van der Waals surface area contributed by atoms with Gasteiger partial charge in [0, 0.05) is 37.3 Å². The summed E-state index contributed by atoms with van der Waals surface area (Å²) in [5.74, 6) is 7.81. The number of nitrogens with zero attached hydrogens (tertiary/aromatic N) is 4. The van der Waals surface area contributed by atoms with Gasteiger partial charge in [0.25, 0.3) is 7.41 Å². The summed E-state index contributed by atoms with van der Waals surface area (Å²) in [6, 6.07) is 8.03. The van der Waals surface area contributed by atoms with Crippen molar-refractivity contribution >= 4 is 31.5 Å². The number of aromatic nitrogens is 2. The van der Waals surface area contributed by atoms with E-state index in [4.69, 9.17) is 4.74 Å². The molecule has 0 bridgehead atoms. The standard InChI is InChI=1S/C22H23BN5O3/c1-3-28-20-19(13-31-22(28)30)10-24-21(26-20)25-15(2)18-8-6-16(7-9-18)4-5-17-11-27(12-17)23-14-29/h6-10,14-15,17H,3,11-13H2,1-2H3,(H,24,25,26)/t15-/m0/s1. The smallest absolute Gasteiger partial charge is 0.415 e. The van der Waals surface area contributed by atoms with E-state index in [1.165, 1.54) is 4.90 Å². The molecule has 0 saturated carbocycles. The molecule has 1 saturated heterocycles. The Morgan fingerprint density at radius 1 is 1.35 bits per heavy atom. The number of carbonyl (C=O) groups is 2. The second kappa shape index (κ2) is 9.19. The predicted molar refractivity (Wildman–Crippen MR) is 118 cm³/mol. The topological polar surface area (TPSA) is 87.7 Å². The van der Waals surface area contributed by atoms with Gasteiger partial charge in [-0.2, -0.15) is 4.98 Å². The van der Waals surface area contributed by atoms with E-state index in [1.807, 2.05) is 42.9 Å². The lowest BCUT2D eigenvalue weighted by molar-refractivity contribution is 0.141. The molecule has 0 unspecified atom stereocenters. The van der Waals surface area contributed by atoms with Gasteiger partial charge < -0.3 is 19.7 Å². The summed E-state index contributed by atoms with van der Waals surface area (Å²) in [4.78, 5) is 34.7. The number of hydrogen-bond acceptors (Lipinski definition) is 7. The first-order chi connectivity index (χ1) is 15.1. The lowest BCUT2D eigenvalue weighted by atomic mass is 9.85. The number of cyclic esters (lactones) is 1. The molecular weight excluding hydrogens is 393 g/mol. The molecule has 1 N–H and O–H groups in total. The van der Waals surface area contributed by atoms with Gasteiger partial charge in [0.2, 0.25) is 5.95 Å². The van der Waals surface area contributed by atoms with Crippen LogP contribution in [0.1, 0.15) is 36.6 Å². The average molecular weight is 416 g/mol. The maximum Gasteiger partial charge on any atom is 0.415 e. The highest BCUT2D eigenvalue weighted by molar-refractivity contribution is 6.64.